The van der Waals surface area contributed by atoms with E-state index in [-0.39, 0.29) is 6.04 Å². The minimum atomic E-state index is 0.0967. The number of nitrogens with zero attached hydrogens (tertiary/aromatic N) is 2. The van der Waals surface area contributed by atoms with Crippen molar-refractivity contribution in [2.24, 2.45) is 7.05 Å². The van der Waals surface area contributed by atoms with Crippen LogP contribution in [0.2, 0.25) is 0 Å². The van der Waals surface area contributed by atoms with Gasteiger partial charge in [0.05, 0.1) is 18.8 Å². The summed E-state index contributed by atoms with van der Waals surface area (Å²) in [4.78, 5) is 1.23. The maximum absolute atomic E-state index is 5.27. The zero-order chi connectivity index (χ0) is 13.1. The van der Waals surface area contributed by atoms with Crippen molar-refractivity contribution >= 4 is 27.3 Å². The normalized spacial score (nSPS) is 12.7. The third-order valence-corrected chi connectivity index (χ3v) is 4.61. The summed E-state index contributed by atoms with van der Waals surface area (Å²) in [7, 11) is 3.54. The van der Waals surface area contributed by atoms with Crippen LogP contribution < -0.4 is 10.1 Å². The van der Waals surface area contributed by atoms with Gasteiger partial charge in [0.2, 0.25) is 5.88 Å². The van der Waals surface area contributed by atoms with Crippen LogP contribution in [0.1, 0.15) is 23.5 Å². The largest absolute Gasteiger partial charge is 0.481 e. The van der Waals surface area contributed by atoms with Gasteiger partial charge in [-0.05, 0) is 33.9 Å². The van der Waals surface area contributed by atoms with Gasteiger partial charge >= 0.3 is 0 Å². The molecule has 6 heteroatoms. The van der Waals surface area contributed by atoms with E-state index in [0.717, 1.165) is 22.6 Å². The summed E-state index contributed by atoms with van der Waals surface area (Å²) in [5.74, 6) is 0.764. The summed E-state index contributed by atoms with van der Waals surface area (Å²) < 4.78 is 8.13. The minimum Gasteiger partial charge on any atom is -0.481 e. The highest BCUT2D eigenvalue weighted by atomic mass is 79.9. The molecule has 0 spiro atoms. The molecule has 1 unspecified atom stereocenters. The predicted molar refractivity (Wildman–Crippen MR) is 77.3 cm³/mol. The van der Waals surface area contributed by atoms with Crippen LogP contribution in [0.25, 0.3) is 0 Å². The number of hydrogen-bond donors (Lipinski definition) is 1. The van der Waals surface area contributed by atoms with Gasteiger partial charge in [0.15, 0.2) is 0 Å². The fraction of sp³-hybridized carbons (Fsp3) is 0.417. The van der Waals surface area contributed by atoms with Crippen LogP contribution in [0.5, 0.6) is 5.88 Å². The maximum Gasteiger partial charge on any atom is 0.211 e. The van der Waals surface area contributed by atoms with E-state index in [1.54, 1.807) is 23.1 Å². The van der Waals surface area contributed by atoms with Crippen molar-refractivity contribution in [2.75, 3.05) is 13.7 Å². The van der Waals surface area contributed by atoms with Crippen LogP contribution in [0.3, 0.4) is 0 Å². The number of thiophene rings is 1. The van der Waals surface area contributed by atoms with Crippen molar-refractivity contribution in [3.8, 4) is 5.88 Å². The van der Waals surface area contributed by atoms with Crippen LogP contribution in [-0.4, -0.2) is 23.4 Å². The zero-order valence-corrected chi connectivity index (χ0v) is 13.0. The SMILES string of the molecule is CCNC(c1cc(OC)n(C)n1)c1sccc1Br. The van der Waals surface area contributed by atoms with E-state index in [4.69, 9.17) is 4.74 Å². The lowest BCUT2D eigenvalue weighted by Gasteiger charge is -2.14. The summed E-state index contributed by atoms with van der Waals surface area (Å²) in [5.41, 5.74) is 0.972. The fourth-order valence-corrected chi connectivity index (χ4v) is 3.54. The number of nitrogens with one attached hydrogen (secondary N) is 1. The molecule has 2 aromatic rings. The van der Waals surface area contributed by atoms with E-state index < -0.39 is 0 Å². The van der Waals surface area contributed by atoms with E-state index in [9.17, 15) is 0 Å². The first-order valence-electron chi connectivity index (χ1n) is 5.71. The zero-order valence-electron chi connectivity index (χ0n) is 10.6. The third kappa shape index (κ3) is 2.60. The van der Waals surface area contributed by atoms with Crippen LogP contribution >= 0.6 is 27.3 Å². The smallest absolute Gasteiger partial charge is 0.211 e. The second-order valence-electron chi connectivity index (χ2n) is 3.86. The molecule has 1 N–H and O–H groups in total. The average molecular weight is 330 g/mol. The summed E-state index contributed by atoms with van der Waals surface area (Å²) in [5, 5.41) is 10.0. The van der Waals surface area contributed by atoms with Crippen molar-refractivity contribution in [1.82, 2.24) is 15.1 Å². The molecule has 2 aromatic heterocycles. The number of halogens is 1. The van der Waals surface area contributed by atoms with E-state index in [1.165, 1.54) is 4.88 Å². The second kappa shape index (κ2) is 5.86. The van der Waals surface area contributed by atoms with E-state index in [0.29, 0.717) is 0 Å². The Hall–Kier alpha value is -0.850. The van der Waals surface area contributed by atoms with Crippen LogP contribution in [0.15, 0.2) is 22.0 Å². The maximum atomic E-state index is 5.27. The third-order valence-electron chi connectivity index (χ3n) is 2.68. The van der Waals surface area contributed by atoms with Gasteiger partial charge in [-0.15, -0.1) is 11.3 Å². The molecule has 0 aliphatic rings. The van der Waals surface area contributed by atoms with E-state index >= 15 is 0 Å². The number of aryl methyl sites for hydroxylation is 1. The highest BCUT2D eigenvalue weighted by molar-refractivity contribution is 9.10. The monoisotopic (exact) mass is 329 g/mol. The molecule has 0 bridgehead atoms. The predicted octanol–water partition coefficient (Wildman–Crippen LogP) is 2.95. The standard InChI is InChI=1S/C12H16BrN3OS/c1-4-14-11(12-8(13)5-6-18-12)9-7-10(17-3)16(2)15-9/h5-7,11,14H,4H2,1-3H3. The van der Waals surface area contributed by atoms with Crippen molar-refractivity contribution in [2.45, 2.75) is 13.0 Å². The van der Waals surface area contributed by atoms with Gasteiger partial charge in [-0.1, -0.05) is 6.92 Å². The molecule has 0 amide bonds. The highest BCUT2D eigenvalue weighted by Gasteiger charge is 2.21. The van der Waals surface area contributed by atoms with Crippen LogP contribution in [0, 0.1) is 0 Å². The molecule has 4 nitrogen and oxygen atoms in total. The van der Waals surface area contributed by atoms with Crippen molar-refractivity contribution in [3.63, 3.8) is 0 Å². The highest BCUT2D eigenvalue weighted by Crippen LogP contribution is 2.33. The first kappa shape index (κ1) is 13.6. The van der Waals surface area contributed by atoms with Crippen LogP contribution in [0.4, 0.5) is 0 Å². The molecule has 0 radical (unpaired) electrons. The number of rotatable bonds is 5. The molecule has 0 aromatic carbocycles. The summed E-state index contributed by atoms with van der Waals surface area (Å²) in [6.07, 6.45) is 0. The van der Waals surface area contributed by atoms with Crippen molar-refractivity contribution < 1.29 is 4.74 Å². The van der Waals surface area contributed by atoms with Gasteiger partial charge in [-0.25, -0.2) is 4.68 Å². The van der Waals surface area contributed by atoms with E-state index in [2.05, 4.69) is 44.7 Å². The molecule has 0 fully saturated rings. The average Bonchev–Trinajstić information content (AvgIpc) is 2.92. The Morgan fingerprint density at radius 1 is 1.61 bits per heavy atom. The molecular weight excluding hydrogens is 314 g/mol. The Kier molecular flexibility index (Phi) is 4.42. The lowest BCUT2D eigenvalue weighted by molar-refractivity contribution is 0.373. The number of methoxy groups -OCH3 is 1. The van der Waals surface area contributed by atoms with Crippen molar-refractivity contribution in [1.29, 1.82) is 0 Å². The molecule has 0 saturated heterocycles. The summed E-state index contributed by atoms with van der Waals surface area (Å²) in [6, 6.07) is 4.13. The Bertz CT molecular complexity index is 523. The number of aromatic nitrogens is 2. The quantitative estimate of drug-likeness (QED) is 0.916. The van der Waals surface area contributed by atoms with Gasteiger partial charge in [0.1, 0.15) is 0 Å². The molecule has 0 saturated carbocycles. The Morgan fingerprint density at radius 3 is 2.89 bits per heavy atom. The lowest BCUT2D eigenvalue weighted by Crippen LogP contribution is -2.22. The summed E-state index contributed by atoms with van der Waals surface area (Å²) in [6.45, 7) is 2.97. The number of hydrogen-bond acceptors (Lipinski definition) is 4. The van der Waals surface area contributed by atoms with Gasteiger partial charge in [0, 0.05) is 22.5 Å². The molecule has 0 aliphatic heterocycles. The van der Waals surface area contributed by atoms with Gasteiger partial charge in [-0.2, -0.15) is 5.10 Å². The Balaban J connectivity index is 2.38. The molecule has 2 rings (SSSR count). The molecular formula is C12H16BrN3OS. The fourth-order valence-electron chi connectivity index (χ4n) is 1.85. The van der Waals surface area contributed by atoms with Crippen molar-refractivity contribution in [3.05, 3.63) is 32.6 Å². The Morgan fingerprint density at radius 2 is 2.39 bits per heavy atom. The lowest BCUT2D eigenvalue weighted by atomic mass is 10.1. The Labute approximate surface area is 119 Å². The molecule has 98 valence electrons. The van der Waals surface area contributed by atoms with Crippen LogP contribution in [-0.2, 0) is 7.05 Å². The van der Waals surface area contributed by atoms with Gasteiger partial charge in [-0.3, -0.25) is 0 Å². The topological polar surface area (TPSA) is 39.1 Å². The van der Waals surface area contributed by atoms with E-state index in [1.807, 2.05) is 13.1 Å². The van der Waals surface area contributed by atoms with Gasteiger partial charge in [0.25, 0.3) is 0 Å². The van der Waals surface area contributed by atoms with Gasteiger partial charge < -0.3 is 10.1 Å². The molecule has 2 heterocycles. The first-order valence-corrected chi connectivity index (χ1v) is 7.38. The first-order chi connectivity index (χ1) is 8.67. The minimum absolute atomic E-state index is 0.0967. The second-order valence-corrected chi connectivity index (χ2v) is 5.66. The summed E-state index contributed by atoms with van der Waals surface area (Å²) >= 11 is 5.30. The number of ether oxygens (including phenoxy) is 1. The molecule has 18 heavy (non-hydrogen) atoms. The molecule has 0 aliphatic carbocycles. The molecule has 1 atom stereocenters.